The van der Waals surface area contributed by atoms with E-state index >= 15 is 0 Å². The van der Waals surface area contributed by atoms with E-state index in [1.54, 1.807) is 7.05 Å². The maximum atomic E-state index is 8.49. The average Bonchev–Trinajstić information content (AvgIpc) is 2.13. The minimum atomic E-state index is 0.0126. The van der Waals surface area contributed by atoms with Crippen LogP contribution in [-0.4, -0.2) is 30.5 Å². The third-order valence-corrected chi connectivity index (χ3v) is 2.47. The molecule has 4 nitrogen and oxygen atoms in total. The topological polar surface area (TPSA) is 51.4 Å². The van der Waals surface area contributed by atoms with Gasteiger partial charge in [-0.2, -0.15) is 5.26 Å². The van der Waals surface area contributed by atoms with Crippen molar-refractivity contribution in [1.82, 2.24) is 10.2 Å². The lowest BCUT2D eigenvalue weighted by molar-refractivity contribution is 0.241. The van der Waals surface area contributed by atoms with E-state index in [0.29, 0.717) is 5.96 Å². The lowest BCUT2D eigenvalue weighted by Gasteiger charge is -2.36. The van der Waals surface area contributed by atoms with Gasteiger partial charge in [-0.05, 0) is 20.3 Å². The van der Waals surface area contributed by atoms with Crippen molar-refractivity contribution in [3.63, 3.8) is 0 Å². The smallest absolute Gasteiger partial charge is 0.207 e. The first-order valence-corrected chi connectivity index (χ1v) is 4.35. The first kappa shape index (κ1) is 11.8. The van der Waals surface area contributed by atoms with Gasteiger partial charge in [0, 0.05) is 19.6 Å². The summed E-state index contributed by atoms with van der Waals surface area (Å²) in [6, 6.07) is 0. The fraction of sp³-hybridized carbons (Fsp3) is 0.778. The van der Waals surface area contributed by atoms with E-state index in [-0.39, 0.29) is 5.54 Å². The Bertz CT molecular complexity index is 224. The van der Waals surface area contributed by atoms with Crippen molar-refractivity contribution in [2.45, 2.75) is 32.7 Å². The van der Waals surface area contributed by atoms with Crippen molar-refractivity contribution in [2.75, 3.05) is 14.1 Å². The molecule has 0 rings (SSSR count). The normalized spacial score (nSPS) is 12.2. The molecule has 0 aliphatic carbocycles. The largest absolute Gasteiger partial charge is 0.340 e. The number of nitrogens with zero attached hydrogens (tertiary/aromatic N) is 3. The first-order valence-electron chi connectivity index (χ1n) is 4.35. The summed E-state index contributed by atoms with van der Waals surface area (Å²) in [7, 11) is 3.60. The van der Waals surface area contributed by atoms with E-state index in [4.69, 9.17) is 5.26 Å². The third-order valence-electron chi connectivity index (χ3n) is 2.47. The molecule has 0 amide bonds. The van der Waals surface area contributed by atoms with Crippen LogP contribution in [0.4, 0.5) is 0 Å². The Kier molecular flexibility index (Phi) is 4.26. The Hall–Kier alpha value is -1.24. The van der Waals surface area contributed by atoms with Gasteiger partial charge < -0.3 is 4.90 Å². The van der Waals surface area contributed by atoms with Crippen LogP contribution in [0.2, 0.25) is 0 Å². The summed E-state index contributed by atoms with van der Waals surface area (Å²) in [6.45, 7) is 6.32. The van der Waals surface area contributed by atoms with Gasteiger partial charge in [-0.1, -0.05) is 6.92 Å². The number of aliphatic imine (C=N–C) groups is 1. The van der Waals surface area contributed by atoms with E-state index in [2.05, 4.69) is 31.1 Å². The zero-order valence-electron chi connectivity index (χ0n) is 9.05. The van der Waals surface area contributed by atoms with Gasteiger partial charge in [0.05, 0.1) is 0 Å². The molecule has 0 saturated heterocycles. The first-order chi connectivity index (χ1) is 5.99. The number of hydrogen-bond acceptors (Lipinski definition) is 2. The molecule has 0 aliphatic heterocycles. The van der Waals surface area contributed by atoms with Gasteiger partial charge in [0.15, 0.2) is 6.19 Å². The molecule has 4 heteroatoms. The monoisotopic (exact) mass is 182 g/mol. The molecule has 0 heterocycles. The highest BCUT2D eigenvalue weighted by Crippen LogP contribution is 2.15. The van der Waals surface area contributed by atoms with Crippen molar-refractivity contribution in [2.24, 2.45) is 4.99 Å². The molecule has 13 heavy (non-hydrogen) atoms. The molecule has 0 spiro atoms. The second kappa shape index (κ2) is 4.70. The van der Waals surface area contributed by atoms with Crippen molar-refractivity contribution in [3.8, 4) is 6.19 Å². The highest BCUT2D eigenvalue weighted by Gasteiger charge is 2.23. The van der Waals surface area contributed by atoms with Crippen LogP contribution in [0.15, 0.2) is 4.99 Å². The van der Waals surface area contributed by atoms with Gasteiger partial charge in [0.25, 0.3) is 0 Å². The van der Waals surface area contributed by atoms with Gasteiger partial charge >= 0.3 is 0 Å². The highest BCUT2D eigenvalue weighted by atomic mass is 15.3. The predicted octanol–water partition coefficient (Wildman–Crippen LogP) is 1.16. The van der Waals surface area contributed by atoms with Crippen molar-refractivity contribution < 1.29 is 0 Å². The van der Waals surface area contributed by atoms with Gasteiger partial charge in [-0.15, -0.1) is 0 Å². The molecular weight excluding hydrogens is 164 g/mol. The summed E-state index contributed by atoms with van der Waals surface area (Å²) in [5.74, 6) is 0.606. The maximum Gasteiger partial charge on any atom is 0.207 e. The summed E-state index contributed by atoms with van der Waals surface area (Å²) in [5, 5.41) is 11.0. The summed E-state index contributed by atoms with van der Waals surface area (Å²) in [6.07, 6.45) is 2.87. The minimum Gasteiger partial charge on any atom is -0.340 e. The fourth-order valence-electron chi connectivity index (χ4n) is 0.864. The molecule has 0 unspecified atom stereocenters. The molecule has 0 aromatic carbocycles. The van der Waals surface area contributed by atoms with Crippen LogP contribution in [0.5, 0.6) is 0 Å². The van der Waals surface area contributed by atoms with E-state index in [1.165, 1.54) is 0 Å². The zero-order chi connectivity index (χ0) is 10.5. The number of hydrogen-bond donors (Lipinski definition) is 1. The number of rotatable bonds is 2. The Labute approximate surface area is 80.3 Å². The van der Waals surface area contributed by atoms with Crippen LogP contribution in [-0.2, 0) is 0 Å². The molecule has 74 valence electrons. The van der Waals surface area contributed by atoms with Crippen LogP contribution in [0, 0.1) is 11.5 Å². The standard InChI is InChI=1S/C9H18N4/c1-6-9(2,3)13(5)8(11-4)12-7-10/h6H2,1-5H3,(H,11,12). The molecular formula is C9H18N4. The summed E-state index contributed by atoms with van der Waals surface area (Å²) >= 11 is 0. The van der Waals surface area contributed by atoms with Crippen LogP contribution in [0.3, 0.4) is 0 Å². The molecule has 0 fully saturated rings. The Morgan fingerprint density at radius 2 is 2.15 bits per heavy atom. The van der Waals surface area contributed by atoms with E-state index < -0.39 is 0 Å². The molecule has 1 N–H and O–H groups in total. The average molecular weight is 182 g/mol. The molecule has 0 aliphatic rings. The Balaban J connectivity index is 4.58. The molecule has 0 atom stereocenters. The summed E-state index contributed by atoms with van der Waals surface area (Å²) in [5.41, 5.74) is 0.0126. The molecule has 0 saturated carbocycles. The minimum absolute atomic E-state index is 0.0126. The fourth-order valence-corrected chi connectivity index (χ4v) is 0.864. The predicted molar refractivity (Wildman–Crippen MR) is 54.2 cm³/mol. The maximum absolute atomic E-state index is 8.49. The van der Waals surface area contributed by atoms with Gasteiger partial charge in [-0.3, -0.25) is 10.3 Å². The number of nitriles is 1. The van der Waals surface area contributed by atoms with Crippen LogP contribution in [0.1, 0.15) is 27.2 Å². The van der Waals surface area contributed by atoms with Gasteiger partial charge in [0.2, 0.25) is 5.96 Å². The second-order valence-electron chi connectivity index (χ2n) is 3.51. The van der Waals surface area contributed by atoms with Crippen LogP contribution < -0.4 is 5.32 Å². The summed E-state index contributed by atoms with van der Waals surface area (Å²) < 4.78 is 0. The number of guanidine groups is 1. The van der Waals surface area contributed by atoms with Gasteiger partial charge in [0.1, 0.15) is 0 Å². The van der Waals surface area contributed by atoms with Crippen molar-refractivity contribution in [1.29, 1.82) is 5.26 Å². The molecule has 0 radical (unpaired) electrons. The zero-order valence-corrected chi connectivity index (χ0v) is 9.05. The van der Waals surface area contributed by atoms with Crippen molar-refractivity contribution in [3.05, 3.63) is 0 Å². The van der Waals surface area contributed by atoms with Crippen LogP contribution >= 0.6 is 0 Å². The Morgan fingerprint density at radius 3 is 2.46 bits per heavy atom. The highest BCUT2D eigenvalue weighted by molar-refractivity contribution is 5.81. The van der Waals surface area contributed by atoms with Crippen molar-refractivity contribution >= 4 is 5.96 Å². The lowest BCUT2D eigenvalue weighted by atomic mass is 10.0. The summed E-state index contributed by atoms with van der Waals surface area (Å²) in [4.78, 5) is 5.97. The molecule has 0 bridgehead atoms. The van der Waals surface area contributed by atoms with Crippen LogP contribution in [0.25, 0.3) is 0 Å². The molecule has 0 aromatic rings. The van der Waals surface area contributed by atoms with E-state index in [0.717, 1.165) is 6.42 Å². The lowest BCUT2D eigenvalue weighted by Crippen LogP contribution is -2.49. The quantitative estimate of drug-likeness (QED) is 0.302. The van der Waals surface area contributed by atoms with Gasteiger partial charge in [-0.25, -0.2) is 0 Å². The van der Waals surface area contributed by atoms with E-state index in [9.17, 15) is 0 Å². The van der Waals surface area contributed by atoms with E-state index in [1.807, 2.05) is 18.1 Å². The third kappa shape index (κ3) is 2.94. The Morgan fingerprint density at radius 1 is 1.62 bits per heavy atom. The SMILES string of the molecule is CCC(C)(C)N(C)C(=NC)NC#N. The molecule has 0 aromatic heterocycles. The second-order valence-corrected chi connectivity index (χ2v) is 3.51. The number of nitrogens with one attached hydrogen (secondary N) is 1.